The van der Waals surface area contributed by atoms with E-state index in [1.54, 1.807) is 0 Å². The highest BCUT2D eigenvalue weighted by Gasteiger charge is 2.15. The van der Waals surface area contributed by atoms with Crippen molar-refractivity contribution < 1.29 is 23.1 Å². The van der Waals surface area contributed by atoms with Gasteiger partial charge in [-0.05, 0) is 42.5 Å². The Morgan fingerprint density at radius 3 is 2.30 bits per heavy atom. The Morgan fingerprint density at radius 2 is 1.74 bits per heavy atom. The summed E-state index contributed by atoms with van der Waals surface area (Å²) in [5.74, 6) is -0.146. The van der Waals surface area contributed by atoms with Crippen molar-refractivity contribution in [3.8, 4) is 5.75 Å². The van der Waals surface area contributed by atoms with Crippen LogP contribution in [-0.4, -0.2) is 26.7 Å². The summed E-state index contributed by atoms with van der Waals surface area (Å²) < 4.78 is 31.3. The summed E-state index contributed by atoms with van der Waals surface area (Å²) in [6, 6.07) is 9.47. The van der Waals surface area contributed by atoms with Gasteiger partial charge >= 0.3 is 6.09 Å². The van der Waals surface area contributed by atoms with Crippen LogP contribution >= 0.6 is 11.6 Å². The molecule has 0 aliphatic heterocycles. The van der Waals surface area contributed by atoms with Crippen LogP contribution in [0, 0.1) is 0 Å². The van der Waals surface area contributed by atoms with Crippen molar-refractivity contribution in [3.05, 3.63) is 47.5 Å². The largest absolute Gasteiger partial charge is 0.506 e. The lowest BCUT2D eigenvalue weighted by Gasteiger charge is -2.10. The number of benzene rings is 2. The Bertz CT molecular complexity index is 822. The number of carbonyl (C=O) groups is 1. The summed E-state index contributed by atoms with van der Waals surface area (Å²) in [6.07, 6.45) is -0.655. The molecular formula is C14H13ClN2O5S. The van der Waals surface area contributed by atoms with Gasteiger partial charge in [-0.3, -0.25) is 10.0 Å². The SMILES string of the molecule is COC(=O)Nc1ccc(S(=O)(=O)Nc2ccc(O)c(Cl)c2)cc1. The fourth-order valence-electron chi connectivity index (χ4n) is 1.67. The van der Waals surface area contributed by atoms with Crippen molar-refractivity contribution in [1.29, 1.82) is 0 Å². The lowest BCUT2D eigenvalue weighted by atomic mass is 10.3. The Morgan fingerprint density at radius 1 is 1.13 bits per heavy atom. The minimum Gasteiger partial charge on any atom is -0.506 e. The Kier molecular flexibility index (Phi) is 4.97. The molecule has 0 heterocycles. The number of methoxy groups -OCH3 is 1. The fraction of sp³-hybridized carbons (Fsp3) is 0.0714. The molecule has 9 heteroatoms. The summed E-state index contributed by atoms with van der Waals surface area (Å²) in [4.78, 5) is 11.1. The van der Waals surface area contributed by atoms with Crippen LogP contribution in [0.4, 0.5) is 16.2 Å². The first-order valence-corrected chi connectivity index (χ1v) is 8.14. The monoisotopic (exact) mass is 356 g/mol. The van der Waals surface area contributed by atoms with Gasteiger partial charge in [0.2, 0.25) is 0 Å². The first kappa shape index (κ1) is 16.9. The van der Waals surface area contributed by atoms with Crippen molar-refractivity contribution >= 4 is 39.1 Å². The van der Waals surface area contributed by atoms with Crippen molar-refractivity contribution in [2.24, 2.45) is 0 Å². The number of phenolic OH excluding ortho intramolecular Hbond substituents is 1. The second-order valence-electron chi connectivity index (χ2n) is 4.41. The van der Waals surface area contributed by atoms with Gasteiger partial charge in [-0.1, -0.05) is 11.6 Å². The van der Waals surface area contributed by atoms with Crippen molar-refractivity contribution in [1.82, 2.24) is 0 Å². The molecule has 0 aromatic heterocycles. The maximum Gasteiger partial charge on any atom is 0.411 e. The van der Waals surface area contributed by atoms with Crippen LogP contribution in [0.15, 0.2) is 47.4 Å². The molecule has 0 atom stereocenters. The molecule has 0 radical (unpaired) electrons. The zero-order valence-electron chi connectivity index (χ0n) is 11.9. The number of hydrogen-bond acceptors (Lipinski definition) is 5. The number of carbonyl (C=O) groups excluding carboxylic acids is 1. The van der Waals surface area contributed by atoms with E-state index in [1.165, 1.54) is 49.6 Å². The molecule has 0 spiro atoms. The molecule has 0 saturated carbocycles. The van der Waals surface area contributed by atoms with E-state index in [4.69, 9.17) is 11.6 Å². The highest BCUT2D eigenvalue weighted by Crippen LogP contribution is 2.27. The van der Waals surface area contributed by atoms with Crippen molar-refractivity contribution in [2.45, 2.75) is 4.90 Å². The summed E-state index contributed by atoms with van der Waals surface area (Å²) in [7, 11) is -2.60. The van der Waals surface area contributed by atoms with Crippen LogP contribution in [0.2, 0.25) is 5.02 Å². The number of phenols is 1. The number of rotatable bonds is 4. The third-order valence-corrected chi connectivity index (χ3v) is 4.50. The quantitative estimate of drug-likeness (QED) is 0.730. The number of amides is 1. The summed E-state index contributed by atoms with van der Waals surface area (Å²) in [5.41, 5.74) is 0.605. The van der Waals surface area contributed by atoms with E-state index in [9.17, 15) is 18.3 Å². The molecule has 2 aromatic carbocycles. The number of anilines is 2. The molecule has 0 aliphatic carbocycles. The molecule has 1 amide bonds. The molecule has 23 heavy (non-hydrogen) atoms. The Hall–Kier alpha value is -2.45. The van der Waals surface area contributed by atoms with Crippen LogP contribution in [0.25, 0.3) is 0 Å². The zero-order valence-corrected chi connectivity index (χ0v) is 13.5. The van der Waals surface area contributed by atoms with E-state index in [-0.39, 0.29) is 21.4 Å². The fourth-order valence-corrected chi connectivity index (χ4v) is 2.90. The normalized spacial score (nSPS) is 10.9. The molecule has 0 aliphatic rings. The second-order valence-corrected chi connectivity index (χ2v) is 6.50. The van der Waals surface area contributed by atoms with Gasteiger partial charge in [0.25, 0.3) is 10.0 Å². The predicted molar refractivity (Wildman–Crippen MR) is 86.4 cm³/mol. The van der Waals surface area contributed by atoms with Crippen molar-refractivity contribution in [3.63, 3.8) is 0 Å². The summed E-state index contributed by atoms with van der Waals surface area (Å²) >= 11 is 5.73. The molecule has 122 valence electrons. The lowest BCUT2D eigenvalue weighted by Crippen LogP contribution is -2.14. The molecular weight excluding hydrogens is 344 g/mol. The van der Waals surface area contributed by atoms with Gasteiger partial charge in [0, 0.05) is 5.69 Å². The first-order chi connectivity index (χ1) is 10.8. The highest BCUT2D eigenvalue weighted by molar-refractivity contribution is 7.92. The van der Waals surface area contributed by atoms with Gasteiger partial charge in [0.15, 0.2) is 0 Å². The minimum absolute atomic E-state index is 0.00267. The van der Waals surface area contributed by atoms with E-state index in [0.29, 0.717) is 5.69 Å². The van der Waals surface area contributed by atoms with E-state index in [0.717, 1.165) is 0 Å². The first-order valence-electron chi connectivity index (χ1n) is 6.28. The number of halogens is 1. The predicted octanol–water partition coefficient (Wildman–Crippen LogP) is 3.02. The van der Waals surface area contributed by atoms with Crippen LogP contribution < -0.4 is 10.0 Å². The van der Waals surface area contributed by atoms with Crippen LogP contribution in [0.3, 0.4) is 0 Å². The summed E-state index contributed by atoms with van der Waals surface area (Å²) in [6.45, 7) is 0. The van der Waals surface area contributed by atoms with Crippen LogP contribution in [0.5, 0.6) is 5.75 Å². The smallest absolute Gasteiger partial charge is 0.411 e. The lowest BCUT2D eigenvalue weighted by molar-refractivity contribution is 0.187. The van der Waals surface area contributed by atoms with Gasteiger partial charge in [-0.15, -0.1) is 0 Å². The third kappa shape index (κ3) is 4.27. The maximum absolute atomic E-state index is 12.3. The van der Waals surface area contributed by atoms with Crippen LogP contribution in [-0.2, 0) is 14.8 Å². The van der Waals surface area contributed by atoms with Crippen molar-refractivity contribution in [2.75, 3.05) is 17.1 Å². The molecule has 0 saturated heterocycles. The van der Waals surface area contributed by atoms with Gasteiger partial charge in [0.1, 0.15) is 5.75 Å². The van der Waals surface area contributed by atoms with E-state index in [1.807, 2.05) is 0 Å². The second kappa shape index (κ2) is 6.76. The molecule has 2 rings (SSSR count). The molecule has 3 N–H and O–H groups in total. The number of aromatic hydroxyl groups is 1. The number of hydrogen-bond donors (Lipinski definition) is 3. The molecule has 0 fully saturated rings. The third-order valence-electron chi connectivity index (χ3n) is 2.80. The molecule has 2 aromatic rings. The van der Waals surface area contributed by atoms with E-state index < -0.39 is 16.1 Å². The van der Waals surface area contributed by atoms with Gasteiger partial charge in [0.05, 0.1) is 22.7 Å². The summed E-state index contributed by atoms with van der Waals surface area (Å²) in [5, 5.41) is 11.8. The maximum atomic E-state index is 12.3. The molecule has 7 nitrogen and oxygen atoms in total. The highest BCUT2D eigenvalue weighted by atomic mass is 35.5. The average molecular weight is 357 g/mol. The van der Waals surface area contributed by atoms with E-state index >= 15 is 0 Å². The Labute approximate surface area is 137 Å². The molecule has 0 bridgehead atoms. The van der Waals surface area contributed by atoms with E-state index in [2.05, 4.69) is 14.8 Å². The number of ether oxygens (including phenoxy) is 1. The van der Waals surface area contributed by atoms with Gasteiger partial charge in [-0.25, -0.2) is 13.2 Å². The number of sulfonamides is 1. The number of nitrogens with one attached hydrogen (secondary N) is 2. The standard InChI is InChI=1S/C14H13ClN2O5S/c1-22-14(19)16-9-2-5-11(6-3-9)23(20,21)17-10-4-7-13(18)12(15)8-10/h2-8,17-18H,1H3,(H,16,19). The average Bonchev–Trinajstić information content (AvgIpc) is 2.51. The zero-order chi connectivity index (χ0) is 17.0. The Balaban J connectivity index is 2.18. The van der Waals surface area contributed by atoms with Crippen LogP contribution in [0.1, 0.15) is 0 Å². The van der Waals surface area contributed by atoms with Gasteiger partial charge in [-0.2, -0.15) is 0 Å². The molecule has 0 unspecified atom stereocenters. The minimum atomic E-state index is -3.83. The van der Waals surface area contributed by atoms with Gasteiger partial charge < -0.3 is 9.84 Å². The topological polar surface area (TPSA) is 105 Å².